The number of aryl methyl sites for hydroxylation is 2. The number of benzene rings is 1. The summed E-state index contributed by atoms with van der Waals surface area (Å²) in [6, 6.07) is 8.68. The number of anilines is 2. The molecule has 5 heteroatoms. The monoisotopic (exact) mass is 271 g/mol. The number of nitrogens with zero attached hydrogens (tertiary/aromatic N) is 1. The van der Waals surface area contributed by atoms with Crippen LogP contribution in [0.15, 0.2) is 30.3 Å². The third-order valence-corrected chi connectivity index (χ3v) is 2.96. The topological polar surface area (TPSA) is 77.2 Å². The van der Waals surface area contributed by atoms with Gasteiger partial charge >= 0.3 is 0 Å². The van der Waals surface area contributed by atoms with Crippen molar-refractivity contribution in [2.75, 3.05) is 18.2 Å². The molecule has 20 heavy (non-hydrogen) atoms. The van der Waals surface area contributed by atoms with Gasteiger partial charge < -0.3 is 15.8 Å². The van der Waals surface area contributed by atoms with Crippen molar-refractivity contribution in [3.8, 4) is 5.75 Å². The lowest BCUT2D eigenvalue weighted by molar-refractivity contribution is 0.102. The van der Waals surface area contributed by atoms with Crippen LogP contribution in [0.4, 0.5) is 11.4 Å². The predicted octanol–water partition coefficient (Wildman–Crippen LogP) is 2.54. The zero-order valence-corrected chi connectivity index (χ0v) is 11.7. The Balaban J connectivity index is 2.23. The van der Waals surface area contributed by atoms with Crippen LogP contribution in [0.2, 0.25) is 0 Å². The van der Waals surface area contributed by atoms with Gasteiger partial charge in [-0.3, -0.25) is 9.78 Å². The normalized spacial score (nSPS) is 10.2. The summed E-state index contributed by atoms with van der Waals surface area (Å²) in [5.74, 6) is 0.323. The van der Waals surface area contributed by atoms with Crippen LogP contribution < -0.4 is 15.8 Å². The van der Waals surface area contributed by atoms with Crippen molar-refractivity contribution < 1.29 is 9.53 Å². The minimum atomic E-state index is -0.207. The Kier molecular flexibility index (Phi) is 3.89. The van der Waals surface area contributed by atoms with E-state index in [0.29, 0.717) is 28.4 Å². The number of nitrogens with one attached hydrogen (secondary N) is 1. The number of nitrogens with two attached hydrogens (primary N) is 1. The van der Waals surface area contributed by atoms with Crippen molar-refractivity contribution >= 4 is 17.3 Å². The number of rotatable bonds is 3. The van der Waals surface area contributed by atoms with E-state index in [1.807, 2.05) is 19.9 Å². The molecule has 0 bridgehead atoms. The van der Waals surface area contributed by atoms with Crippen molar-refractivity contribution in [3.63, 3.8) is 0 Å². The first kappa shape index (κ1) is 13.9. The van der Waals surface area contributed by atoms with E-state index in [1.54, 1.807) is 24.3 Å². The molecule has 0 aliphatic heterocycles. The van der Waals surface area contributed by atoms with Gasteiger partial charge in [0.15, 0.2) is 0 Å². The fraction of sp³-hybridized carbons (Fsp3) is 0.200. The number of amides is 1. The largest absolute Gasteiger partial charge is 0.495 e. The van der Waals surface area contributed by atoms with E-state index in [2.05, 4.69) is 10.3 Å². The predicted molar refractivity (Wildman–Crippen MR) is 79.1 cm³/mol. The van der Waals surface area contributed by atoms with E-state index in [-0.39, 0.29) is 5.91 Å². The van der Waals surface area contributed by atoms with Gasteiger partial charge in [0, 0.05) is 17.4 Å². The number of nitrogen functional groups attached to an aromatic ring is 1. The molecule has 1 aromatic carbocycles. The molecule has 0 spiro atoms. The van der Waals surface area contributed by atoms with Crippen LogP contribution in [0, 0.1) is 13.8 Å². The first-order valence-corrected chi connectivity index (χ1v) is 6.20. The van der Waals surface area contributed by atoms with Crippen LogP contribution in [0.25, 0.3) is 0 Å². The summed E-state index contributed by atoms with van der Waals surface area (Å²) in [7, 11) is 1.53. The first-order chi connectivity index (χ1) is 9.51. The maximum Gasteiger partial charge on any atom is 0.257 e. The van der Waals surface area contributed by atoms with Crippen LogP contribution in [-0.4, -0.2) is 18.0 Å². The quantitative estimate of drug-likeness (QED) is 0.841. The highest BCUT2D eigenvalue weighted by Crippen LogP contribution is 2.25. The molecule has 0 saturated heterocycles. The molecule has 1 aromatic heterocycles. The smallest absolute Gasteiger partial charge is 0.257 e. The van der Waals surface area contributed by atoms with Crippen LogP contribution >= 0.6 is 0 Å². The van der Waals surface area contributed by atoms with E-state index in [0.717, 1.165) is 5.69 Å². The Morgan fingerprint density at radius 2 is 2.00 bits per heavy atom. The summed E-state index contributed by atoms with van der Waals surface area (Å²) in [5, 5.41) is 2.81. The Morgan fingerprint density at radius 1 is 1.25 bits per heavy atom. The molecule has 5 nitrogen and oxygen atoms in total. The molecule has 0 aliphatic carbocycles. The van der Waals surface area contributed by atoms with Gasteiger partial charge in [-0.05, 0) is 38.1 Å². The number of methoxy groups -OCH3 is 1. The average Bonchev–Trinajstić information content (AvgIpc) is 2.40. The van der Waals surface area contributed by atoms with Gasteiger partial charge in [-0.1, -0.05) is 0 Å². The number of hydrogen-bond acceptors (Lipinski definition) is 4. The maximum atomic E-state index is 12.2. The Morgan fingerprint density at radius 3 is 2.65 bits per heavy atom. The maximum absolute atomic E-state index is 12.2. The standard InChI is InChI=1S/C15H17N3O2/c1-9-4-6-12(10(2)17-9)15(19)18-11-5-7-13(16)14(8-11)20-3/h4-8H,16H2,1-3H3,(H,18,19). The van der Waals surface area contributed by atoms with Gasteiger partial charge in [0.05, 0.1) is 24.1 Å². The zero-order chi connectivity index (χ0) is 14.7. The van der Waals surface area contributed by atoms with Crippen molar-refractivity contribution in [1.29, 1.82) is 0 Å². The molecule has 1 amide bonds. The molecule has 2 aromatic rings. The van der Waals surface area contributed by atoms with Gasteiger partial charge in [-0.15, -0.1) is 0 Å². The van der Waals surface area contributed by atoms with Gasteiger partial charge in [-0.2, -0.15) is 0 Å². The van der Waals surface area contributed by atoms with Crippen molar-refractivity contribution in [2.24, 2.45) is 0 Å². The van der Waals surface area contributed by atoms with Crippen molar-refractivity contribution in [2.45, 2.75) is 13.8 Å². The highest BCUT2D eigenvalue weighted by Gasteiger charge is 2.11. The fourth-order valence-corrected chi connectivity index (χ4v) is 1.91. The molecule has 0 aliphatic rings. The third-order valence-electron chi connectivity index (χ3n) is 2.96. The molecule has 2 rings (SSSR count). The minimum Gasteiger partial charge on any atom is -0.495 e. The molecule has 0 atom stereocenters. The van der Waals surface area contributed by atoms with E-state index in [1.165, 1.54) is 7.11 Å². The molecular formula is C15H17N3O2. The summed E-state index contributed by atoms with van der Waals surface area (Å²) < 4.78 is 5.12. The van der Waals surface area contributed by atoms with E-state index in [9.17, 15) is 4.79 Å². The van der Waals surface area contributed by atoms with Gasteiger partial charge in [0.25, 0.3) is 5.91 Å². The van der Waals surface area contributed by atoms with Crippen LogP contribution in [0.5, 0.6) is 5.75 Å². The summed E-state index contributed by atoms with van der Waals surface area (Å²) in [5.41, 5.74) is 9.02. The Bertz CT molecular complexity index is 654. The van der Waals surface area contributed by atoms with Crippen LogP contribution in [0.3, 0.4) is 0 Å². The fourth-order valence-electron chi connectivity index (χ4n) is 1.91. The summed E-state index contributed by atoms with van der Waals surface area (Å²) in [6.45, 7) is 3.70. The lowest BCUT2D eigenvalue weighted by Gasteiger charge is -2.10. The molecule has 0 unspecified atom stereocenters. The number of hydrogen-bond donors (Lipinski definition) is 2. The molecule has 0 saturated carbocycles. The summed E-state index contributed by atoms with van der Waals surface area (Å²) in [6.07, 6.45) is 0. The Labute approximate surface area is 117 Å². The van der Waals surface area contributed by atoms with E-state index in [4.69, 9.17) is 10.5 Å². The summed E-state index contributed by atoms with van der Waals surface area (Å²) >= 11 is 0. The molecule has 3 N–H and O–H groups in total. The summed E-state index contributed by atoms with van der Waals surface area (Å²) in [4.78, 5) is 16.5. The second-order valence-corrected chi connectivity index (χ2v) is 4.50. The lowest BCUT2D eigenvalue weighted by atomic mass is 10.1. The molecule has 104 valence electrons. The number of aromatic nitrogens is 1. The first-order valence-electron chi connectivity index (χ1n) is 6.20. The second-order valence-electron chi connectivity index (χ2n) is 4.50. The van der Waals surface area contributed by atoms with Gasteiger partial charge in [-0.25, -0.2) is 0 Å². The average molecular weight is 271 g/mol. The molecule has 0 radical (unpaired) electrons. The SMILES string of the molecule is COc1cc(NC(=O)c2ccc(C)nc2C)ccc1N. The number of carbonyl (C=O) groups is 1. The van der Waals surface area contributed by atoms with Crippen LogP contribution in [-0.2, 0) is 0 Å². The van der Waals surface area contributed by atoms with E-state index >= 15 is 0 Å². The van der Waals surface area contributed by atoms with E-state index < -0.39 is 0 Å². The minimum absolute atomic E-state index is 0.207. The molecular weight excluding hydrogens is 254 g/mol. The van der Waals surface area contributed by atoms with Gasteiger partial charge in [0.2, 0.25) is 0 Å². The lowest BCUT2D eigenvalue weighted by Crippen LogP contribution is -2.14. The Hall–Kier alpha value is -2.56. The van der Waals surface area contributed by atoms with Crippen LogP contribution in [0.1, 0.15) is 21.7 Å². The number of pyridine rings is 1. The van der Waals surface area contributed by atoms with Crippen molar-refractivity contribution in [3.05, 3.63) is 47.3 Å². The zero-order valence-electron chi connectivity index (χ0n) is 11.7. The second kappa shape index (κ2) is 5.61. The molecule has 1 heterocycles. The van der Waals surface area contributed by atoms with Crippen molar-refractivity contribution in [1.82, 2.24) is 4.98 Å². The highest BCUT2D eigenvalue weighted by atomic mass is 16.5. The molecule has 0 fully saturated rings. The number of carbonyl (C=O) groups excluding carboxylic acids is 1. The third kappa shape index (κ3) is 2.88. The number of ether oxygens (including phenoxy) is 1. The van der Waals surface area contributed by atoms with Gasteiger partial charge in [0.1, 0.15) is 5.75 Å². The highest BCUT2D eigenvalue weighted by molar-refractivity contribution is 6.05.